The van der Waals surface area contributed by atoms with Crippen LogP contribution in [0.3, 0.4) is 0 Å². The first-order chi connectivity index (χ1) is 15.0. The highest BCUT2D eigenvalue weighted by molar-refractivity contribution is 6.06. The summed E-state index contributed by atoms with van der Waals surface area (Å²) < 4.78 is 0. The predicted octanol–water partition coefficient (Wildman–Crippen LogP) is 3.27. The van der Waals surface area contributed by atoms with Crippen LogP contribution in [0.2, 0.25) is 0 Å². The maximum absolute atomic E-state index is 13.0. The van der Waals surface area contributed by atoms with E-state index < -0.39 is 23.8 Å². The van der Waals surface area contributed by atoms with Crippen molar-refractivity contribution in [3.8, 4) is 0 Å². The van der Waals surface area contributed by atoms with Gasteiger partial charge in [0, 0.05) is 12.0 Å². The van der Waals surface area contributed by atoms with Gasteiger partial charge in [-0.2, -0.15) is 0 Å². The summed E-state index contributed by atoms with van der Waals surface area (Å²) in [6.45, 7) is 0. The zero-order valence-corrected chi connectivity index (χ0v) is 16.7. The molecule has 6 heteroatoms. The van der Waals surface area contributed by atoms with Crippen LogP contribution in [-0.2, 0) is 16.0 Å². The van der Waals surface area contributed by atoms with Gasteiger partial charge in [0.05, 0.1) is 0 Å². The molecule has 3 N–H and O–H groups in total. The van der Waals surface area contributed by atoms with E-state index in [0.29, 0.717) is 11.1 Å². The van der Waals surface area contributed by atoms with Crippen molar-refractivity contribution in [2.45, 2.75) is 12.5 Å². The van der Waals surface area contributed by atoms with Crippen molar-refractivity contribution in [3.63, 3.8) is 0 Å². The zero-order valence-electron chi connectivity index (χ0n) is 16.7. The summed E-state index contributed by atoms with van der Waals surface area (Å²) in [6, 6.07) is 25.3. The van der Waals surface area contributed by atoms with E-state index in [-0.39, 0.29) is 12.1 Å². The molecule has 0 unspecified atom stereocenters. The maximum Gasteiger partial charge on any atom is 0.326 e. The summed E-state index contributed by atoms with van der Waals surface area (Å²) in [5.74, 6) is -2.31. The van der Waals surface area contributed by atoms with E-state index in [2.05, 4.69) is 10.6 Å². The molecule has 0 fully saturated rings. The largest absolute Gasteiger partial charge is 0.480 e. The minimum Gasteiger partial charge on any atom is -0.480 e. The summed E-state index contributed by atoms with van der Waals surface area (Å²) in [6.07, 6.45) is 1.63. The Morgan fingerprint density at radius 2 is 1.35 bits per heavy atom. The van der Waals surface area contributed by atoms with Crippen molar-refractivity contribution in [2.24, 2.45) is 0 Å². The van der Waals surface area contributed by atoms with Crippen LogP contribution in [0.1, 0.15) is 21.5 Å². The average Bonchev–Trinajstić information content (AvgIpc) is 2.80. The second-order valence-corrected chi connectivity index (χ2v) is 6.84. The molecule has 0 heterocycles. The van der Waals surface area contributed by atoms with Gasteiger partial charge in [-0.3, -0.25) is 9.59 Å². The van der Waals surface area contributed by atoms with Crippen molar-refractivity contribution >= 4 is 23.9 Å². The molecule has 0 spiro atoms. The van der Waals surface area contributed by atoms with Gasteiger partial charge in [-0.25, -0.2) is 4.79 Å². The summed E-state index contributed by atoms with van der Waals surface area (Å²) in [7, 11) is 0. The molecule has 3 rings (SSSR count). The number of rotatable bonds is 8. The van der Waals surface area contributed by atoms with Gasteiger partial charge >= 0.3 is 5.97 Å². The Hall–Kier alpha value is -4.19. The van der Waals surface area contributed by atoms with Crippen LogP contribution in [0, 0.1) is 0 Å². The third-order valence-electron chi connectivity index (χ3n) is 4.53. The molecule has 31 heavy (non-hydrogen) atoms. The van der Waals surface area contributed by atoms with E-state index in [0.717, 1.165) is 5.56 Å². The number of carboxylic acid groups (broad SMARTS) is 1. The number of hydrogen-bond acceptors (Lipinski definition) is 3. The number of amides is 2. The highest BCUT2D eigenvalue weighted by Crippen LogP contribution is 2.09. The molecule has 2 amide bonds. The third-order valence-corrected chi connectivity index (χ3v) is 4.53. The highest BCUT2D eigenvalue weighted by atomic mass is 16.4. The molecule has 0 aromatic heterocycles. The molecule has 0 aliphatic rings. The predicted molar refractivity (Wildman–Crippen MR) is 118 cm³/mol. The molecular weight excluding hydrogens is 392 g/mol. The lowest BCUT2D eigenvalue weighted by Gasteiger charge is -2.17. The van der Waals surface area contributed by atoms with E-state index in [4.69, 9.17) is 0 Å². The van der Waals surface area contributed by atoms with Gasteiger partial charge in [0.2, 0.25) is 0 Å². The van der Waals surface area contributed by atoms with Crippen molar-refractivity contribution in [3.05, 3.63) is 113 Å². The first kappa shape index (κ1) is 21.5. The van der Waals surface area contributed by atoms with E-state index in [1.807, 2.05) is 12.1 Å². The van der Waals surface area contributed by atoms with Gasteiger partial charge in [-0.05, 0) is 29.3 Å². The third kappa shape index (κ3) is 6.40. The molecule has 0 aliphatic heterocycles. The number of carboxylic acids is 1. The monoisotopic (exact) mass is 414 g/mol. The summed E-state index contributed by atoms with van der Waals surface area (Å²) >= 11 is 0. The number of carbonyl (C=O) groups excluding carboxylic acids is 2. The molecule has 0 saturated carbocycles. The lowest BCUT2D eigenvalue weighted by Crippen LogP contribution is -2.45. The topological polar surface area (TPSA) is 95.5 Å². The first-order valence-electron chi connectivity index (χ1n) is 9.73. The number of hydrogen-bond donors (Lipinski definition) is 3. The number of nitrogens with one attached hydrogen (secondary N) is 2. The first-order valence-corrected chi connectivity index (χ1v) is 9.73. The Morgan fingerprint density at radius 1 is 0.806 bits per heavy atom. The normalized spacial score (nSPS) is 11.9. The molecule has 1 atom stereocenters. The number of aliphatic carboxylic acids is 1. The molecule has 3 aromatic rings. The van der Waals surface area contributed by atoms with E-state index in [1.54, 1.807) is 78.9 Å². The van der Waals surface area contributed by atoms with Gasteiger partial charge in [0.1, 0.15) is 11.7 Å². The second-order valence-electron chi connectivity index (χ2n) is 6.84. The summed E-state index contributed by atoms with van der Waals surface area (Å²) in [5.41, 5.74) is 1.81. The minimum atomic E-state index is -1.16. The van der Waals surface area contributed by atoms with Crippen LogP contribution >= 0.6 is 0 Å². The number of benzene rings is 3. The van der Waals surface area contributed by atoms with Crippen LogP contribution in [0.4, 0.5) is 0 Å². The molecule has 3 aromatic carbocycles. The molecular formula is C25H22N2O4. The van der Waals surface area contributed by atoms with Gasteiger partial charge in [0.25, 0.3) is 11.8 Å². The fourth-order valence-electron chi connectivity index (χ4n) is 2.94. The average molecular weight is 414 g/mol. The molecule has 0 radical (unpaired) electrons. The SMILES string of the molecule is O=C(N[C@H](Cc1ccccc1)C(=O)O)/C(=C/c1ccccc1)NC(=O)c1ccccc1. The second kappa shape index (κ2) is 10.5. The Morgan fingerprint density at radius 3 is 1.94 bits per heavy atom. The van der Waals surface area contributed by atoms with E-state index in [1.165, 1.54) is 6.08 Å². The van der Waals surface area contributed by atoms with Gasteiger partial charge < -0.3 is 15.7 Å². The van der Waals surface area contributed by atoms with E-state index >= 15 is 0 Å². The molecule has 0 aliphatic carbocycles. The Labute approximate surface area is 180 Å². The van der Waals surface area contributed by atoms with Crippen molar-refractivity contribution in [1.82, 2.24) is 10.6 Å². The fourth-order valence-corrected chi connectivity index (χ4v) is 2.94. The standard InChI is InChI=1S/C25H22N2O4/c28-23(20-14-8-3-9-15-20)26-21(16-18-10-4-1-5-11-18)24(29)27-22(25(30)31)17-19-12-6-2-7-13-19/h1-16,22H,17H2,(H,26,28)(H,27,29)(H,30,31)/b21-16-/t22-/m1/s1. The van der Waals surface area contributed by atoms with Gasteiger partial charge in [-0.1, -0.05) is 78.9 Å². The Bertz CT molecular complexity index is 1060. The molecule has 0 saturated heterocycles. The van der Waals surface area contributed by atoms with Crippen molar-refractivity contribution in [1.29, 1.82) is 0 Å². The van der Waals surface area contributed by atoms with Crippen LogP contribution in [0.5, 0.6) is 0 Å². The molecule has 6 nitrogen and oxygen atoms in total. The van der Waals surface area contributed by atoms with Crippen LogP contribution in [-0.4, -0.2) is 28.9 Å². The lowest BCUT2D eigenvalue weighted by atomic mass is 10.1. The Balaban J connectivity index is 1.83. The lowest BCUT2D eigenvalue weighted by molar-refractivity contribution is -0.141. The fraction of sp³-hybridized carbons (Fsp3) is 0.0800. The van der Waals surface area contributed by atoms with Crippen LogP contribution in [0.15, 0.2) is 96.7 Å². The van der Waals surface area contributed by atoms with Crippen LogP contribution in [0.25, 0.3) is 6.08 Å². The smallest absolute Gasteiger partial charge is 0.326 e. The Kier molecular flexibility index (Phi) is 7.32. The number of carbonyl (C=O) groups is 3. The van der Waals surface area contributed by atoms with Gasteiger partial charge in [0.15, 0.2) is 0 Å². The van der Waals surface area contributed by atoms with Crippen molar-refractivity contribution in [2.75, 3.05) is 0 Å². The highest BCUT2D eigenvalue weighted by Gasteiger charge is 2.23. The van der Waals surface area contributed by atoms with Crippen LogP contribution < -0.4 is 10.6 Å². The summed E-state index contributed by atoms with van der Waals surface area (Å²) in [4.78, 5) is 37.3. The molecule has 156 valence electrons. The molecule has 0 bridgehead atoms. The van der Waals surface area contributed by atoms with Gasteiger partial charge in [-0.15, -0.1) is 0 Å². The maximum atomic E-state index is 13.0. The van der Waals surface area contributed by atoms with E-state index in [9.17, 15) is 19.5 Å². The quantitative estimate of drug-likeness (QED) is 0.493. The zero-order chi connectivity index (χ0) is 22.1. The van der Waals surface area contributed by atoms with Crippen molar-refractivity contribution < 1.29 is 19.5 Å². The summed E-state index contributed by atoms with van der Waals surface area (Å²) in [5, 5.41) is 14.7. The minimum absolute atomic E-state index is 0.0423.